The Morgan fingerprint density at radius 1 is 1.56 bits per heavy atom. The van der Waals surface area contributed by atoms with Crippen molar-refractivity contribution < 1.29 is 9.90 Å². The van der Waals surface area contributed by atoms with E-state index in [1.165, 1.54) is 0 Å². The number of H-pyrrole nitrogens is 1. The predicted octanol–water partition coefficient (Wildman–Crippen LogP) is 3.06. The number of nitrogens with one attached hydrogen (secondary N) is 1. The molecule has 5 nitrogen and oxygen atoms in total. The highest BCUT2D eigenvalue weighted by Crippen LogP contribution is 2.29. The molecule has 2 N–H and O–H groups in total. The number of carboxylic acids is 1. The highest BCUT2D eigenvalue weighted by atomic mass is 79.9. The van der Waals surface area contributed by atoms with Crippen LogP contribution < -0.4 is 0 Å². The van der Waals surface area contributed by atoms with Gasteiger partial charge in [0.2, 0.25) is 5.16 Å². The Bertz CT molecular complexity index is 590. The van der Waals surface area contributed by atoms with Gasteiger partial charge in [0.1, 0.15) is 0 Å². The fourth-order valence-electron chi connectivity index (χ4n) is 1.24. The van der Waals surface area contributed by atoms with Crippen molar-refractivity contribution in [1.29, 1.82) is 0 Å². The van der Waals surface area contributed by atoms with Crippen LogP contribution in [-0.2, 0) is 4.79 Å². The van der Waals surface area contributed by atoms with E-state index in [1.807, 2.05) is 0 Å². The molecule has 8 heteroatoms. The molecule has 94 valence electrons. The molecule has 1 heterocycles. The second-order valence-electron chi connectivity index (χ2n) is 3.27. The van der Waals surface area contributed by atoms with Gasteiger partial charge in [-0.15, -0.1) is 5.10 Å². The van der Waals surface area contributed by atoms with Crippen molar-refractivity contribution in [2.75, 3.05) is 5.75 Å². The number of carbonyl (C=O) groups is 1. The van der Waals surface area contributed by atoms with E-state index < -0.39 is 5.97 Å². The van der Waals surface area contributed by atoms with Gasteiger partial charge >= 0.3 is 5.97 Å². The van der Waals surface area contributed by atoms with Gasteiger partial charge in [-0.1, -0.05) is 23.4 Å². The van der Waals surface area contributed by atoms with Crippen LogP contribution in [0.5, 0.6) is 0 Å². The molecule has 0 saturated carbocycles. The fourth-order valence-corrected chi connectivity index (χ4v) is 2.63. The van der Waals surface area contributed by atoms with E-state index in [9.17, 15) is 4.79 Å². The van der Waals surface area contributed by atoms with Crippen molar-refractivity contribution >= 4 is 45.3 Å². The summed E-state index contributed by atoms with van der Waals surface area (Å²) in [6.45, 7) is 0. The highest BCUT2D eigenvalue weighted by molar-refractivity contribution is 9.10. The molecule has 0 fully saturated rings. The van der Waals surface area contributed by atoms with Gasteiger partial charge in [-0.2, -0.15) is 0 Å². The summed E-state index contributed by atoms with van der Waals surface area (Å²) < 4.78 is 0.793. The first-order chi connectivity index (χ1) is 8.56. The van der Waals surface area contributed by atoms with E-state index >= 15 is 0 Å². The number of hydrogen-bond acceptors (Lipinski definition) is 4. The van der Waals surface area contributed by atoms with E-state index in [4.69, 9.17) is 16.7 Å². The first kappa shape index (κ1) is 13.4. The minimum atomic E-state index is -0.904. The minimum absolute atomic E-state index is 0.0704. The number of benzene rings is 1. The van der Waals surface area contributed by atoms with E-state index in [1.54, 1.807) is 18.2 Å². The van der Waals surface area contributed by atoms with Crippen molar-refractivity contribution in [3.8, 4) is 11.4 Å². The first-order valence-corrected chi connectivity index (χ1v) is 6.94. The number of carboxylic acid groups (broad SMARTS) is 1. The summed E-state index contributed by atoms with van der Waals surface area (Å²) in [6, 6.07) is 5.30. The molecule has 2 rings (SSSR count). The summed E-state index contributed by atoms with van der Waals surface area (Å²) in [5.41, 5.74) is 0.814. The van der Waals surface area contributed by atoms with Crippen LogP contribution in [0.15, 0.2) is 27.8 Å². The van der Waals surface area contributed by atoms with Crippen LogP contribution in [0, 0.1) is 0 Å². The average molecular weight is 349 g/mol. The summed E-state index contributed by atoms with van der Waals surface area (Å²) in [5, 5.41) is 16.3. The fraction of sp³-hybridized carbons (Fsp3) is 0.100. The quantitative estimate of drug-likeness (QED) is 0.830. The van der Waals surface area contributed by atoms with Gasteiger partial charge < -0.3 is 5.11 Å². The number of thioether (sulfide) groups is 1. The lowest BCUT2D eigenvalue weighted by Gasteiger charge is -2.00. The van der Waals surface area contributed by atoms with Crippen molar-refractivity contribution in [2.24, 2.45) is 0 Å². The molecule has 0 atom stereocenters. The zero-order valence-corrected chi connectivity index (χ0v) is 12.0. The second kappa shape index (κ2) is 5.73. The normalized spacial score (nSPS) is 10.6. The minimum Gasteiger partial charge on any atom is -0.481 e. The number of aromatic nitrogens is 3. The van der Waals surface area contributed by atoms with Crippen LogP contribution in [0.25, 0.3) is 11.4 Å². The summed E-state index contributed by atoms with van der Waals surface area (Å²) in [4.78, 5) is 14.6. The molecule has 0 saturated heterocycles. The van der Waals surface area contributed by atoms with Gasteiger partial charge in [0, 0.05) is 15.1 Å². The zero-order chi connectivity index (χ0) is 13.1. The number of aliphatic carboxylic acids is 1. The lowest BCUT2D eigenvalue weighted by molar-refractivity contribution is -0.133. The Balaban J connectivity index is 2.21. The molecule has 2 aromatic rings. The Kier molecular flexibility index (Phi) is 4.26. The van der Waals surface area contributed by atoms with Crippen molar-refractivity contribution in [1.82, 2.24) is 15.2 Å². The molecule has 0 aliphatic heterocycles. The van der Waals surface area contributed by atoms with E-state index in [0.717, 1.165) is 21.8 Å². The lowest BCUT2D eigenvalue weighted by atomic mass is 10.2. The lowest BCUT2D eigenvalue weighted by Crippen LogP contribution is -1.97. The summed E-state index contributed by atoms with van der Waals surface area (Å²) in [5.74, 6) is -0.413. The van der Waals surface area contributed by atoms with Crippen LogP contribution in [0.4, 0.5) is 0 Å². The third-order valence-electron chi connectivity index (χ3n) is 1.98. The Hall–Kier alpha value is -1.05. The maximum atomic E-state index is 10.4. The second-order valence-corrected chi connectivity index (χ2v) is 5.51. The van der Waals surface area contributed by atoms with Gasteiger partial charge in [-0.05, 0) is 34.1 Å². The van der Waals surface area contributed by atoms with E-state index in [2.05, 4.69) is 31.1 Å². The van der Waals surface area contributed by atoms with Crippen LogP contribution >= 0.6 is 39.3 Å². The van der Waals surface area contributed by atoms with Gasteiger partial charge in [0.25, 0.3) is 0 Å². The van der Waals surface area contributed by atoms with Crippen molar-refractivity contribution in [3.63, 3.8) is 0 Å². The third kappa shape index (κ3) is 3.24. The van der Waals surface area contributed by atoms with Gasteiger partial charge in [0.05, 0.1) is 5.75 Å². The zero-order valence-electron chi connectivity index (χ0n) is 8.85. The van der Waals surface area contributed by atoms with Crippen LogP contribution in [0.2, 0.25) is 5.02 Å². The van der Waals surface area contributed by atoms with Crippen LogP contribution in [-0.4, -0.2) is 32.0 Å². The average Bonchev–Trinajstić information content (AvgIpc) is 2.75. The van der Waals surface area contributed by atoms with Crippen LogP contribution in [0.3, 0.4) is 0 Å². The molecular weight excluding hydrogens is 342 g/mol. The predicted molar refractivity (Wildman–Crippen MR) is 72.9 cm³/mol. The molecule has 0 spiro atoms. The SMILES string of the molecule is O=C(O)CSc1n[nH]c(-c2ccc(Cl)cc2Br)n1. The molecule has 0 unspecified atom stereocenters. The Morgan fingerprint density at radius 3 is 3.00 bits per heavy atom. The smallest absolute Gasteiger partial charge is 0.313 e. The highest BCUT2D eigenvalue weighted by Gasteiger charge is 2.10. The van der Waals surface area contributed by atoms with E-state index in [0.29, 0.717) is 16.0 Å². The molecule has 0 aliphatic rings. The van der Waals surface area contributed by atoms with Crippen molar-refractivity contribution in [2.45, 2.75) is 5.16 Å². The molecular formula is C10H7BrClN3O2S. The number of hydrogen-bond donors (Lipinski definition) is 2. The molecule has 0 radical (unpaired) electrons. The summed E-state index contributed by atoms with van der Waals surface area (Å²) in [6.07, 6.45) is 0. The summed E-state index contributed by atoms with van der Waals surface area (Å²) >= 11 is 10.3. The van der Waals surface area contributed by atoms with Crippen molar-refractivity contribution in [3.05, 3.63) is 27.7 Å². The number of nitrogens with zero attached hydrogens (tertiary/aromatic N) is 2. The van der Waals surface area contributed by atoms with Gasteiger partial charge in [-0.3, -0.25) is 9.89 Å². The molecule has 0 amide bonds. The standard InChI is InChI=1S/C10H7BrClN3O2S/c11-7-3-5(12)1-2-6(7)9-13-10(15-14-9)18-4-8(16)17/h1-3H,4H2,(H,16,17)(H,13,14,15). The maximum absolute atomic E-state index is 10.4. The van der Waals surface area contributed by atoms with Crippen LogP contribution in [0.1, 0.15) is 0 Å². The molecule has 0 bridgehead atoms. The van der Waals surface area contributed by atoms with Gasteiger partial charge in [-0.25, -0.2) is 4.98 Å². The molecule has 1 aromatic carbocycles. The third-order valence-corrected chi connectivity index (χ3v) is 3.70. The number of rotatable bonds is 4. The molecule has 1 aromatic heterocycles. The number of halogens is 2. The first-order valence-electron chi connectivity index (χ1n) is 4.78. The van der Waals surface area contributed by atoms with Gasteiger partial charge in [0.15, 0.2) is 5.82 Å². The topological polar surface area (TPSA) is 78.9 Å². The maximum Gasteiger partial charge on any atom is 0.313 e. The Labute approximate surface area is 120 Å². The largest absolute Gasteiger partial charge is 0.481 e. The molecule has 18 heavy (non-hydrogen) atoms. The molecule has 0 aliphatic carbocycles. The summed E-state index contributed by atoms with van der Waals surface area (Å²) in [7, 11) is 0. The number of aromatic amines is 1. The van der Waals surface area contributed by atoms with E-state index in [-0.39, 0.29) is 5.75 Å². The Morgan fingerprint density at radius 2 is 2.33 bits per heavy atom. The monoisotopic (exact) mass is 347 g/mol.